The summed E-state index contributed by atoms with van der Waals surface area (Å²) in [5.41, 5.74) is 0.928. The van der Waals surface area contributed by atoms with E-state index in [4.69, 9.17) is 0 Å². The highest BCUT2D eigenvalue weighted by atomic mass is 16.2. The molecule has 1 aromatic rings. The van der Waals surface area contributed by atoms with Gasteiger partial charge >= 0.3 is 0 Å². The van der Waals surface area contributed by atoms with Gasteiger partial charge in [-0.15, -0.1) is 0 Å². The molecule has 1 atom stereocenters. The minimum atomic E-state index is -0.334. The average molecular weight is 298 g/mol. The number of hydrogen-bond donors (Lipinski definition) is 1. The van der Waals surface area contributed by atoms with Crippen LogP contribution in [0.1, 0.15) is 38.2 Å². The summed E-state index contributed by atoms with van der Waals surface area (Å²) in [6.45, 7) is 2.82. The number of rotatable bonds is 3. The van der Waals surface area contributed by atoms with E-state index >= 15 is 0 Å². The van der Waals surface area contributed by atoms with Gasteiger partial charge in [0.1, 0.15) is 6.04 Å². The normalized spacial score (nSPS) is 17.3. The fourth-order valence-corrected chi connectivity index (χ4v) is 2.62. The molecule has 0 spiro atoms. The van der Waals surface area contributed by atoms with Crippen LogP contribution < -0.4 is 5.32 Å². The maximum absolute atomic E-state index is 12.3. The van der Waals surface area contributed by atoms with Crippen LogP contribution >= 0.6 is 0 Å². The van der Waals surface area contributed by atoms with Crippen LogP contribution in [0.4, 0.5) is 0 Å². The molecule has 4 heteroatoms. The van der Waals surface area contributed by atoms with Gasteiger partial charge in [0, 0.05) is 18.5 Å². The van der Waals surface area contributed by atoms with Gasteiger partial charge < -0.3 is 10.2 Å². The molecule has 0 aromatic heterocycles. The summed E-state index contributed by atoms with van der Waals surface area (Å²) in [6.07, 6.45) is 3.14. The van der Waals surface area contributed by atoms with Gasteiger partial charge in [0.15, 0.2) is 0 Å². The zero-order valence-electron chi connectivity index (χ0n) is 13.0. The van der Waals surface area contributed by atoms with E-state index in [9.17, 15) is 9.59 Å². The van der Waals surface area contributed by atoms with Gasteiger partial charge in [-0.2, -0.15) is 0 Å². The second-order valence-corrected chi connectivity index (χ2v) is 5.34. The number of amides is 2. The number of carbonyl (C=O) groups is 2. The lowest BCUT2D eigenvalue weighted by Crippen LogP contribution is -2.51. The highest BCUT2D eigenvalue weighted by Gasteiger charge is 2.30. The quantitative estimate of drug-likeness (QED) is 0.867. The summed E-state index contributed by atoms with van der Waals surface area (Å²) in [4.78, 5) is 25.9. The number of nitrogens with one attached hydrogen (secondary N) is 1. The largest absolute Gasteiger partial charge is 0.343 e. The molecule has 1 aliphatic heterocycles. The van der Waals surface area contributed by atoms with Crippen molar-refractivity contribution in [2.75, 3.05) is 13.1 Å². The predicted molar refractivity (Wildman–Crippen MR) is 86.0 cm³/mol. The fraction of sp³-hybridized carbons (Fsp3) is 0.444. The second kappa shape index (κ2) is 8.23. The van der Waals surface area contributed by atoms with E-state index in [1.165, 1.54) is 0 Å². The molecule has 1 fully saturated rings. The topological polar surface area (TPSA) is 49.4 Å². The molecule has 22 heavy (non-hydrogen) atoms. The van der Waals surface area contributed by atoms with Crippen LogP contribution in [-0.2, 0) is 9.59 Å². The van der Waals surface area contributed by atoms with E-state index < -0.39 is 0 Å². The molecule has 116 valence electrons. The maximum Gasteiger partial charge on any atom is 0.243 e. The van der Waals surface area contributed by atoms with Crippen molar-refractivity contribution in [3.05, 3.63) is 35.9 Å². The number of likely N-dealkylation sites (tertiary alicyclic amines) is 1. The lowest BCUT2D eigenvalue weighted by molar-refractivity contribution is -0.141. The van der Waals surface area contributed by atoms with Crippen molar-refractivity contribution in [1.29, 1.82) is 0 Å². The number of nitrogens with zero attached hydrogens (tertiary/aromatic N) is 1. The fourth-order valence-electron chi connectivity index (χ4n) is 2.62. The first kappa shape index (κ1) is 16.1. The van der Waals surface area contributed by atoms with Crippen molar-refractivity contribution in [1.82, 2.24) is 10.2 Å². The maximum atomic E-state index is 12.3. The average Bonchev–Trinajstić information content (AvgIpc) is 2.58. The summed E-state index contributed by atoms with van der Waals surface area (Å²) in [6, 6.07) is 9.32. The predicted octanol–water partition coefficient (Wildman–Crippen LogP) is 1.95. The molecule has 0 bridgehead atoms. The summed E-state index contributed by atoms with van der Waals surface area (Å²) in [5, 5.41) is 2.83. The third kappa shape index (κ3) is 4.36. The minimum Gasteiger partial charge on any atom is -0.343 e. The van der Waals surface area contributed by atoms with E-state index in [1.807, 2.05) is 37.3 Å². The lowest BCUT2D eigenvalue weighted by atomic mass is 10.0. The van der Waals surface area contributed by atoms with Crippen molar-refractivity contribution in [2.45, 2.75) is 38.6 Å². The van der Waals surface area contributed by atoms with Gasteiger partial charge in [-0.05, 0) is 31.4 Å². The monoisotopic (exact) mass is 298 g/mol. The molecule has 1 aromatic carbocycles. The van der Waals surface area contributed by atoms with Gasteiger partial charge in [0.2, 0.25) is 11.8 Å². The first-order valence-corrected chi connectivity index (χ1v) is 7.83. The first-order valence-electron chi connectivity index (χ1n) is 7.83. The highest BCUT2D eigenvalue weighted by molar-refractivity contribution is 5.87. The zero-order valence-corrected chi connectivity index (χ0v) is 13.0. The molecule has 0 radical (unpaired) electrons. The van der Waals surface area contributed by atoms with E-state index in [1.54, 1.807) is 4.90 Å². The molecule has 0 saturated carbocycles. The molecule has 1 saturated heterocycles. The Kier molecular flexibility index (Phi) is 6.02. The Morgan fingerprint density at radius 2 is 2.05 bits per heavy atom. The van der Waals surface area contributed by atoms with Gasteiger partial charge in [0.05, 0.1) is 6.54 Å². The molecule has 0 aliphatic carbocycles. The van der Waals surface area contributed by atoms with E-state index in [0.29, 0.717) is 19.5 Å². The van der Waals surface area contributed by atoms with Crippen LogP contribution in [-0.4, -0.2) is 35.8 Å². The summed E-state index contributed by atoms with van der Waals surface area (Å²) < 4.78 is 0. The molecule has 1 N–H and O–H groups in total. The highest BCUT2D eigenvalue weighted by Crippen LogP contribution is 2.18. The van der Waals surface area contributed by atoms with Crippen LogP contribution in [0, 0.1) is 11.8 Å². The Hall–Kier alpha value is -2.28. The molecule has 0 unspecified atom stereocenters. The van der Waals surface area contributed by atoms with E-state index in [2.05, 4.69) is 17.2 Å². The van der Waals surface area contributed by atoms with Crippen LogP contribution in [0.2, 0.25) is 0 Å². The van der Waals surface area contributed by atoms with E-state index in [-0.39, 0.29) is 17.9 Å². The Balaban J connectivity index is 1.88. The van der Waals surface area contributed by atoms with Crippen LogP contribution in [0.25, 0.3) is 0 Å². The third-order valence-corrected chi connectivity index (χ3v) is 3.79. The SMILES string of the molecule is CCC(=O)N1CCCC[C@@H]1C(=O)NCC#Cc1ccccc1. The molecular weight excluding hydrogens is 276 g/mol. The molecule has 2 rings (SSSR count). The summed E-state index contributed by atoms with van der Waals surface area (Å²) in [5.74, 6) is 5.90. The van der Waals surface area contributed by atoms with Crippen molar-refractivity contribution in [3.8, 4) is 11.8 Å². The lowest BCUT2D eigenvalue weighted by Gasteiger charge is -2.34. The number of piperidine rings is 1. The van der Waals surface area contributed by atoms with Crippen molar-refractivity contribution < 1.29 is 9.59 Å². The molecule has 2 amide bonds. The van der Waals surface area contributed by atoms with Crippen LogP contribution in [0.5, 0.6) is 0 Å². The number of carbonyl (C=O) groups excluding carboxylic acids is 2. The molecule has 4 nitrogen and oxygen atoms in total. The van der Waals surface area contributed by atoms with Crippen molar-refractivity contribution >= 4 is 11.8 Å². The molecular formula is C18H22N2O2. The second-order valence-electron chi connectivity index (χ2n) is 5.34. The first-order chi connectivity index (χ1) is 10.7. The summed E-state index contributed by atoms with van der Waals surface area (Å²) in [7, 11) is 0. The molecule has 1 aliphatic rings. The standard InChI is InChI=1S/C18H22N2O2/c1-2-17(21)20-14-7-6-12-16(20)18(22)19-13-8-11-15-9-4-3-5-10-15/h3-5,9-10,16H,2,6-7,12-14H2,1H3,(H,19,22)/t16-/m1/s1. The Bertz CT molecular complexity index is 572. The number of hydrogen-bond acceptors (Lipinski definition) is 2. The minimum absolute atomic E-state index is 0.0511. The Morgan fingerprint density at radius 3 is 2.77 bits per heavy atom. The van der Waals surface area contributed by atoms with Crippen LogP contribution in [0.15, 0.2) is 30.3 Å². The van der Waals surface area contributed by atoms with Crippen molar-refractivity contribution in [3.63, 3.8) is 0 Å². The summed E-state index contributed by atoms with van der Waals surface area (Å²) >= 11 is 0. The number of benzene rings is 1. The zero-order chi connectivity index (χ0) is 15.8. The third-order valence-electron chi connectivity index (χ3n) is 3.79. The van der Waals surface area contributed by atoms with Gasteiger partial charge in [0.25, 0.3) is 0 Å². The van der Waals surface area contributed by atoms with E-state index in [0.717, 1.165) is 24.8 Å². The van der Waals surface area contributed by atoms with Gasteiger partial charge in [-0.3, -0.25) is 9.59 Å². The Morgan fingerprint density at radius 1 is 1.27 bits per heavy atom. The Labute approximate surface area is 131 Å². The smallest absolute Gasteiger partial charge is 0.243 e. The van der Waals surface area contributed by atoms with Gasteiger partial charge in [-0.25, -0.2) is 0 Å². The molecule has 1 heterocycles. The van der Waals surface area contributed by atoms with Crippen molar-refractivity contribution in [2.24, 2.45) is 0 Å². The van der Waals surface area contributed by atoms with Crippen LogP contribution in [0.3, 0.4) is 0 Å². The van der Waals surface area contributed by atoms with Gasteiger partial charge in [-0.1, -0.05) is 37.0 Å².